The van der Waals surface area contributed by atoms with Gasteiger partial charge in [-0.05, 0) is 49.6 Å². The Bertz CT molecular complexity index is 1050. The summed E-state index contributed by atoms with van der Waals surface area (Å²) in [5, 5.41) is 0. The highest BCUT2D eigenvalue weighted by Gasteiger charge is 2.09. The van der Waals surface area contributed by atoms with Gasteiger partial charge < -0.3 is 4.57 Å². The number of rotatable bonds is 3. The van der Waals surface area contributed by atoms with E-state index in [9.17, 15) is 4.79 Å². The number of aryl methyl sites for hydroxylation is 3. The number of carbonyl (C=O) groups excluding carboxylic acids is 1. The molecule has 0 radical (unpaired) electrons. The molecular weight excluding hydrogens is 328 g/mol. The zero-order valence-electron chi connectivity index (χ0n) is 14.7. The minimum Gasteiger partial charge on any atom is -0.305 e. The van der Waals surface area contributed by atoms with Gasteiger partial charge in [-0.1, -0.05) is 47.1 Å². The molecule has 0 unspecified atom stereocenters. The summed E-state index contributed by atoms with van der Waals surface area (Å²) in [5.74, 6) is 2.51. The topological polar surface area (TPSA) is 34.4 Å². The molecule has 126 valence electrons. The first-order chi connectivity index (χ1) is 12.0. The van der Waals surface area contributed by atoms with Gasteiger partial charge in [0.2, 0.25) is 0 Å². The predicted molar refractivity (Wildman–Crippen MR) is 104 cm³/mol. The maximum atomic E-state index is 12.4. The van der Waals surface area contributed by atoms with Crippen molar-refractivity contribution in [3.63, 3.8) is 0 Å². The minimum atomic E-state index is -0.158. The fourth-order valence-corrected chi connectivity index (χ4v) is 3.80. The van der Waals surface area contributed by atoms with Gasteiger partial charge in [-0.15, -0.1) is 6.42 Å². The molecule has 2 aromatic carbocycles. The van der Waals surface area contributed by atoms with Crippen LogP contribution in [0.15, 0.2) is 41.4 Å². The second-order valence-electron chi connectivity index (χ2n) is 6.25. The third kappa shape index (κ3) is 3.72. The van der Waals surface area contributed by atoms with Crippen LogP contribution < -0.4 is 4.80 Å². The fraction of sp³-hybridized carbons (Fsp3) is 0.238. The molecule has 0 aliphatic heterocycles. The summed E-state index contributed by atoms with van der Waals surface area (Å²) in [6.07, 6.45) is 5.82. The molecule has 1 amide bonds. The third-order valence-electron chi connectivity index (χ3n) is 4.24. The summed E-state index contributed by atoms with van der Waals surface area (Å²) in [6, 6.07) is 12.2. The SMILES string of the molecule is C#CCn1c(=NC(=O)Cc2ccc(C)cc2)sc2cc(C)c(C)cc21. The summed E-state index contributed by atoms with van der Waals surface area (Å²) in [5.41, 5.74) is 5.60. The van der Waals surface area contributed by atoms with Gasteiger partial charge in [0.25, 0.3) is 5.91 Å². The Morgan fingerprint density at radius 2 is 1.84 bits per heavy atom. The van der Waals surface area contributed by atoms with Crippen LogP contribution in [0.5, 0.6) is 0 Å². The molecule has 3 nitrogen and oxygen atoms in total. The lowest BCUT2D eigenvalue weighted by atomic mass is 10.1. The molecule has 0 saturated heterocycles. The minimum absolute atomic E-state index is 0.158. The Labute approximate surface area is 151 Å². The Balaban J connectivity index is 2.02. The molecule has 4 heteroatoms. The van der Waals surface area contributed by atoms with Crippen LogP contribution in [0.1, 0.15) is 22.3 Å². The Morgan fingerprint density at radius 1 is 1.16 bits per heavy atom. The Morgan fingerprint density at radius 3 is 2.52 bits per heavy atom. The van der Waals surface area contributed by atoms with Crippen molar-refractivity contribution < 1.29 is 4.79 Å². The monoisotopic (exact) mass is 348 g/mol. The van der Waals surface area contributed by atoms with Crippen molar-refractivity contribution in [3.8, 4) is 12.3 Å². The van der Waals surface area contributed by atoms with Crippen molar-refractivity contribution in [1.29, 1.82) is 0 Å². The first-order valence-electron chi connectivity index (χ1n) is 8.15. The first kappa shape index (κ1) is 17.2. The van der Waals surface area contributed by atoms with Gasteiger partial charge >= 0.3 is 0 Å². The van der Waals surface area contributed by atoms with Crippen LogP contribution in [0, 0.1) is 33.1 Å². The van der Waals surface area contributed by atoms with Crippen molar-refractivity contribution in [1.82, 2.24) is 4.57 Å². The van der Waals surface area contributed by atoms with Gasteiger partial charge in [0.1, 0.15) is 0 Å². The first-order valence-corrected chi connectivity index (χ1v) is 8.96. The van der Waals surface area contributed by atoms with Crippen molar-refractivity contribution >= 4 is 27.5 Å². The molecule has 0 N–H and O–H groups in total. The lowest BCUT2D eigenvalue weighted by Crippen LogP contribution is -2.17. The second kappa shape index (κ2) is 7.08. The molecule has 0 saturated carbocycles. The second-order valence-corrected chi connectivity index (χ2v) is 7.26. The van der Waals surface area contributed by atoms with Crippen molar-refractivity contribution in [2.24, 2.45) is 4.99 Å². The van der Waals surface area contributed by atoms with E-state index in [4.69, 9.17) is 6.42 Å². The molecule has 0 aliphatic carbocycles. The largest absolute Gasteiger partial charge is 0.305 e. The van der Waals surface area contributed by atoms with Crippen LogP contribution in [0.25, 0.3) is 10.2 Å². The average molecular weight is 348 g/mol. The summed E-state index contributed by atoms with van der Waals surface area (Å²) in [6.45, 7) is 6.59. The number of benzene rings is 2. The lowest BCUT2D eigenvalue weighted by Gasteiger charge is -2.03. The van der Waals surface area contributed by atoms with Crippen LogP contribution in [-0.2, 0) is 17.8 Å². The Kier molecular flexibility index (Phi) is 4.87. The molecule has 0 atom stereocenters. The summed E-state index contributed by atoms with van der Waals surface area (Å²) in [4.78, 5) is 17.4. The summed E-state index contributed by atoms with van der Waals surface area (Å²) < 4.78 is 3.04. The molecule has 0 bridgehead atoms. The van der Waals surface area contributed by atoms with Gasteiger partial charge in [0, 0.05) is 0 Å². The quantitative estimate of drug-likeness (QED) is 0.660. The van der Waals surface area contributed by atoms with Crippen molar-refractivity contribution in [2.45, 2.75) is 33.7 Å². The van der Waals surface area contributed by atoms with Crippen LogP contribution >= 0.6 is 11.3 Å². The van der Waals surface area contributed by atoms with E-state index in [0.717, 1.165) is 15.8 Å². The molecule has 25 heavy (non-hydrogen) atoms. The number of aromatic nitrogens is 1. The van der Waals surface area contributed by atoms with Gasteiger partial charge in [-0.25, -0.2) is 0 Å². The highest BCUT2D eigenvalue weighted by atomic mass is 32.1. The molecule has 0 spiro atoms. The molecular formula is C21H20N2OS. The summed E-state index contributed by atoms with van der Waals surface area (Å²) >= 11 is 1.51. The Hall–Kier alpha value is -2.64. The number of thiazole rings is 1. The number of amides is 1. The van der Waals surface area contributed by atoms with E-state index >= 15 is 0 Å². The fourth-order valence-electron chi connectivity index (χ4n) is 2.68. The number of hydrogen-bond donors (Lipinski definition) is 0. The van der Waals surface area contributed by atoms with Gasteiger partial charge in [0.15, 0.2) is 4.80 Å². The van der Waals surface area contributed by atoms with E-state index in [0.29, 0.717) is 17.8 Å². The van der Waals surface area contributed by atoms with Crippen molar-refractivity contribution in [3.05, 3.63) is 63.5 Å². The zero-order chi connectivity index (χ0) is 18.0. The third-order valence-corrected chi connectivity index (χ3v) is 5.29. The highest BCUT2D eigenvalue weighted by Crippen LogP contribution is 2.22. The van der Waals surface area contributed by atoms with Gasteiger partial charge in [0.05, 0.1) is 23.2 Å². The van der Waals surface area contributed by atoms with E-state index in [1.54, 1.807) is 0 Å². The molecule has 1 heterocycles. The van der Waals surface area contributed by atoms with E-state index in [2.05, 4.69) is 36.9 Å². The number of terminal acetylenes is 1. The maximum Gasteiger partial charge on any atom is 0.252 e. The van der Waals surface area contributed by atoms with Crippen LogP contribution in [0.4, 0.5) is 0 Å². The maximum absolute atomic E-state index is 12.4. The van der Waals surface area contributed by atoms with Crippen LogP contribution in [0.3, 0.4) is 0 Å². The lowest BCUT2D eigenvalue weighted by molar-refractivity contribution is -0.117. The van der Waals surface area contributed by atoms with Crippen LogP contribution in [0.2, 0.25) is 0 Å². The van der Waals surface area contributed by atoms with Crippen molar-refractivity contribution in [2.75, 3.05) is 0 Å². The highest BCUT2D eigenvalue weighted by molar-refractivity contribution is 7.16. The van der Waals surface area contributed by atoms with E-state index in [1.807, 2.05) is 35.8 Å². The zero-order valence-corrected chi connectivity index (χ0v) is 15.5. The van der Waals surface area contributed by atoms with E-state index in [-0.39, 0.29) is 5.91 Å². The molecule has 0 fully saturated rings. The van der Waals surface area contributed by atoms with Gasteiger partial charge in [-0.3, -0.25) is 4.79 Å². The number of carbonyl (C=O) groups is 1. The standard InChI is InChI=1S/C21H20N2OS/c1-5-10-23-18-11-15(3)16(4)12-19(18)25-21(23)22-20(24)13-17-8-6-14(2)7-9-17/h1,6-9,11-12H,10,13H2,2-4H3. The number of hydrogen-bond acceptors (Lipinski definition) is 2. The smallest absolute Gasteiger partial charge is 0.252 e. The molecule has 1 aromatic heterocycles. The van der Waals surface area contributed by atoms with E-state index < -0.39 is 0 Å². The molecule has 0 aliphatic rings. The average Bonchev–Trinajstić information content (AvgIpc) is 2.87. The van der Waals surface area contributed by atoms with Gasteiger partial charge in [-0.2, -0.15) is 4.99 Å². The number of fused-ring (bicyclic) bond motifs is 1. The predicted octanol–water partition coefficient (Wildman–Crippen LogP) is 3.93. The van der Waals surface area contributed by atoms with Crippen LogP contribution in [-0.4, -0.2) is 10.5 Å². The normalized spacial score (nSPS) is 11.7. The molecule has 3 aromatic rings. The number of nitrogens with zero attached hydrogens (tertiary/aromatic N) is 2. The summed E-state index contributed by atoms with van der Waals surface area (Å²) in [7, 11) is 0. The van der Waals surface area contributed by atoms with E-state index in [1.165, 1.54) is 28.0 Å². The molecule has 3 rings (SSSR count).